The molecule has 0 atom stereocenters. The topological polar surface area (TPSA) is 75.1 Å². The van der Waals surface area contributed by atoms with Crippen LogP contribution in [0.1, 0.15) is 0 Å². The Morgan fingerprint density at radius 1 is 1.29 bits per heavy atom. The molecule has 0 aliphatic rings. The highest BCUT2D eigenvalue weighted by Gasteiger charge is 2.01. The van der Waals surface area contributed by atoms with E-state index in [1.807, 2.05) is 18.2 Å². The minimum absolute atomic E-state index is 0.233. The molecule has 5 heteroatoms. The Bertz CT molecular complexity index is 484. The monoisotopic (exact) mass is 189 g/mol. The van der Waals surface area contributed by atoms with Crippen LogP contribution in [0.15, 0.2) is 30.5 Å². The minimum atomic E-state index is -1.14. The van der Waals surface area contributed by atoms with Crippen molar-refractivity contribution in [1.82, 2.24) is 9.97 Å². The SMILES string of the molecule is O=C(O)Nc1cnc2ccccc2n1. The summed E-state index contributed by atoms with van der Waals surface area (Å²) >= 11 is 0. The van der Waals surface area contributed by atoms with Crippen LogP contribution in [0.5, 0.6) is 0 Å². The second-order valence-electron chi connectivity index (χ2n) is 2.67. The van der Waals surface area contributed by atoms with E-state index in [0.29, 0.717) is 5.52 Å². The van der Waals surface area contributed by atoms with E-state index in [4.69, 9.17) is 5.11 Å². The molecule has 14 heavy (non-hydrogen) atoms. The lowest BCUT2D eigenvalue weighted by molar-refractivity contribution is 0.209. The van der Waals surface area contributed by atoms with Gasteiger partial charge in [-0.05, 0) is 12.1 Å². The maximum atomic E-state index is 10.3. The number of nitrogens with one attached hydrogen (secondary N) is 1. The number of rotatable bonds is 1. The second kappa shape index (κ2) is 3.29. The third kappa shape index (κ3) is 1.61. The fourth-order valence-corrected chi connectivity index (χ4v) is 1.13. The number of amides is 1. The predicted molar refractivity (Wildman–Crippen MR) is 51.2 cm³/mol. The van der Waals surface area contributed by atoms with Crippen LogP contribution in [0.3, 0.4) is 0 Å². The number of nitrogens with zero attached hydrogens (tertiary/aromatic N) is 2. The zero-order valence-electron chi connectivity index (χ0n) is 7.14. The van der Waals surface area contributed by atoms with E-state index in [-0.39, 0.29) is 5.82 Å². The molecule has 1 heterocycles. The number of carboxylic acid groups (broad SMARTS) is 1. The summed E-state index contributed by atoms with van der Waals surface area (Å²) in [4.78, 5) is 18.4. The van der Waals surface area contributed by atoms with Crippen molar-refractivity contribution in [2.75, 3.05) is 5.32 Å². The summed E-state index contributed by atoms with van der Waals surface area (Å²) in [6, 6.07) is 7.26. The van der Waals surface area contributed by atoms with Gasteiger partial charge in [0.1, 0.15) is 0 Å². The Balaban J connectivity index is 2.46. The highest BCUT2D eigenvalue weighted by Crippen LogP contribution is 2.10. The van der Waals surface area contributed by atoms with Crippen molar-refractivity contribution in [2.24, 2.45) is 0 Å². The van der Waals surface area contributed by atoms with Gasteiger partial charge < -0.3 is 5.11 Å². The van der Waals surface area contributed by atoms with E-state index < -0.39 is 6.09 Å². The second-order valence-corrected chi connectivity index (χ2v) is 2.67. The molecule has 1 aromatic heterocycles. The fraction of sp³-hybridized carbons (Fsp3) is 0. The molecule has 5 nitrogen and oxygen atoms in total. The van der Waals surface area contributed by atoms with E-state index in [2.05, 4.69) is 15.3 Å². The Labute approximate surface area is 79.4 Å². The molecule has 0 radical (unpaired) electrons. The maximum absolute atomic E-state index is 10.3. The highest BCUT2D eigenvalue weighted by molar-refractivity contribution is 5.83. The maximum Gasteiger partial charge on any atom is 0.410 e. The molecule has 1 amide bonds. The number of hydrogen-bond acceptors (Lipinski definition) is 3. The third-order valence-electron chi connectivity index (χ3n) is 1.68. The summed E-state index contributed by atoms with van der Waals surface area (Å²) in [7, 11) is 0. The van der Waals surface area contributed by atoms with Gasteiger partial charge in [0.25, 0.3) is 0 Å². The lowest BCUT2D eigenvalue weighted by atomic mass is 10.3. The van der Waals surface area contributed by atoms with E-state index >= 15 is 0 Å². The predicted octanol–water partition coefficient (Wildman–Crippen LogP) is 1.72. The van der Waals surface area contributed by atoms with Crippen molar-refractivity contribution in [3.8, 4) is 0 Å². The average Bonchev–Trinajstić information content (AvgIpc) is 2.17. The summed E-state index contributed by atoms with van der Waals surface area (Å²) in [5.41, 5.74) is 1.40. The van der Waals surface area contributed by atoms with Crippen molar-refractivity contribution < 1.29 is 9.90 Å². The number of aromatic nitrogens is 2. The average molecular weight is 189 g/mol. The van der Waals surface area contributed by atoms with E-state index in [0.717, 1.165) is 5.52 Å². The summed E-state index contributed by atoms with van der Waals surface area (Å²) in [6.07, 6.45) is 0.241. The highest BCUT2D eigenvalue weighted by atomic mass is 16.4. The molecule has 0 fully saturated rings. The van der Waals surface area contributed by atoms with Gasteiger partial charge in [0.05, 0.1) is 17.2 Å². The van der Waals surface area contributed by atoms with Gasteiger partial charge in [-0.2, -0.15) is 0 Å². The van der Waals surface area contributed by atoms with Crippen LogP contribution in [-0.4, -0.2) is 21.2 Å². The number of fused-ring (bicyclic) bond motifs is 1. The molecule has 0 bridgehead atoms. The first kappa shape index (κ1) is 8.43. The molecular weight excluding hydrogens is 182 g/mol. The van der Waals surface area contributed by atoms with Crippen LogP contribution >= 0.6 is 0 Å². The van der Waals surface area contributed by atoms with Gasteiger partial charge >= 0.3 is 6.09 Å². The fourth-order valence-electron chi connectivity index (χ4n) is 1.13. The van der Waals surface area contributed by atoms with Crippen LogP contribution in [0.4, 0.5) is 10.6 Å². The van der Waals surface area contributed by atoms with Crippen molar-refractivity contribution in [3.05, 3.63) is 30.5 Å². The first-order chi connectivity index (χ1) is 6.75. The van der Waals surface area contributed by atoms with Gasteiger partial charge in [-0.25, -0.2) is 9.78 Å². The molecule has 2 N–H and O–H groups in total. The molecule has 2 rings (SSSR count). The van der Waals surface area contributed by atoms with Crippen molar-refractivity contribution in [2.45, 2.75) is 0 Å². The molecular formula is C9H7N3O2. The lowest BCUT2D eigenvalue weighted by Crippen LogP contribution is -2.08. The molecule has 0 saturated heterocycles. The minimum Gasteiger partial charge on any atom is -0.465 e. The molecule has 0 aliphatic carbocycles. The van der Waals surface area contributed by atoms with Crippen molar-refractivity contribution >= 4 is 22.9 Å². The molecule has 0 saturated carbocycles. The Morgan fingerprint density at radius 3 is 2.71 bits per heavy atom. The molecule has 0 aliphatic heterocycles. The third-order valence-corrected chi connectivity index (χ3v) is 1.68. The van der Waals surface area contributed by atoms with Crippen molar-refractivity contribution in [1.29, 1.82) is 0 Å². The van der Waals surface area contributed by atoms with Gasteiger partial charge in [0, 0.05) is 0 Å². The largest absolute Gasteiger partial charge is 0.465 e. The van der Waals surface area contributed by atoms with E-state index in [1.165, 1.54) is 6.20 Å². The Morgan fingerprint density at radius 2 is 2.00 bits per heavy atom. The number of benzene rings is 1. The molecule has 1 aromatic carbocycles. The first-order valence-electron chi connectivity index (χ1n) is 3.97. The quantitative estimate of drug-likeness (QED) is 0.716. The number of hydrogen-bond donors (Lipinski definition) is 2. The van der Waals surface area contributed by atoms with Crippen LogP contribution in [-0.2, 0) is 0 Å². The van der Waals surface area contributed by atoms with Crippen LogP contribution in [0.2, 0.25) is 0 Å². The molecule has 2 aromatic rings. The standard InChI is InChI=1S/C9H7N3O2/c13-9(14)12-8-5-10-6-3-1-2-4-7(6)11-8/h1-5H,(H,11,12)(H,13,14). The van der Waals surface area contributed by atoms with E-state index in [1.54, 1.807) is 6.07 Å². The molecule has 0 unspecified atom stereocenters. The molecule has 70 valence electrons. The van der Waals surface area contributed by atoms with Crippen LogP contribution < -0.4 is 5.32 Å². The smallest absolute Gasteiger partial charge is 0.410 e. The van der Waals surface area contributed by atoms with Crippen LogP contribution in [0.25, 0.3) is 11.0 Å². The van der Waals surface area contributed by atoms with Gasteiger partial charge in [0.2, 0.25) is 0 Å². The van der Waals surface area contributed by atoms with Gasteiger partial charge in [0.15, 0.2) is 5.82 Å². The summed E-state index contributed by atoms with van der Waals surface area (Å²) in [6.45, 7) is 0. The normalized spacial score (nSPS) is 10.0. The lowest BCUT2D eigenvalue weighted by Gasteiger charge is -2.00. The van der Waals surface area contributed by atoms with Crippen molar-refractivity contribution in [3.63, 3.8) is 0 Å². The number of anilines is 1. The summed E-state index contributed by atoms with van der Waals surface area (Å²) < 4.78 is 0. The Hall–Kier alpha value is -2.17. The van der Waals surface area contributed by atoms with Gasteiger partial charge in [-0.1, -0.05) is 12.1 Å². The number of para-hydroxylation sites is 2. The summed E-state index contributed by atoms with van der Waals surface area (Å²) in [5, 5.41) is 10.6. The van der Waals surface area contributed by atoms with Gasteiger partial charge in [-0.15, -0.1) is 0 Å². The zero-order chi connectivity index (χ0) is 9.97. The Kier molecular flexibility index (Phi) is 1.98. The van der Waals surface area contributed by atoms with E-state index in [9.17, 15) is 4.79 Å². The van der Waals surface area contributed by atoms with Crippen LogP contribution in [0, 0.1) is 0 Å². The van der Waals surface area contributed by atoms with Gasteiger partial charge in [-0.3, -0.25) is 10.3 Å². The molecule has 0 spiro atoms. The zero-order valence-corrected chi connectivity index (χ0v) is 7.14. The summed E-state index contributed by atoms with van der Waals surface area (Å²) in [5.74, 6) is 0.233. The first-order valence-corrected chi connectivity index (χ1v) is 3.97. The number of carbonyl (C=O) groups is 1.